The summed E-state index contributed by atoms with van der Waals surface area (Å²) >= 11 is 0. The third kappa shape index (κ3) is 2.86. The monoisotopic (exact) mass is 280 g/mol. The van der Waals surface area contributed by atoms with E-state index in [1.807, 2.05) is 0 Å². The Labute approximate surface area is 122 Å². The minimum Gasteiger partial charge on any atom is -0.379 e. The standard InChI is InChI=1S/C16H28N2O2/c1-15(2)8-13-9-16(3,11-15)12-18(13)14(19)10-17-4-6-20-7-5-17/h13H,4-12H2,1-3H3. The molecule has 2 bridgehead atoms. The van der Waals surface area contributed by atoms with Crippen LogP contribution in [0, 0.1) is 10.8 Å². The molecule has 0 radical (unpaired) electrons. The molecular formula is C16H28N2O2. The summed E-state index contributed by atoms with van der Waals surface area (Å²) in [5, 5.41) is 0. The van der Waals surface area contributed by atoms with Crippen LogP contribution in [0.25, 0.3) is 0 Å². The predicted octanol–water partition coefficient (Wildman–Crippen LogP) is 1.75. The molecule has 2 atom stereocenters. The molecule has 4 nitrogen and oxygen atoms in total. The molecule has 20 heavy (non-hydrogen) atoms. The summed E-state index contributed by atoms with van der Waals surface area (Å²) in [6.45, 7) is 11.9. The molecule has 1 amide bonds. The average molecular weight is 280 g/mol. The van der Waals surface area contributed by atoms with Gasteiger partial charge in [-0.25, -0.2) is 0 Å². The molecule has 3 aliphatic rings. The molecule has 2 saturated heterocycles. The summed E-state index contributed by atoms with van der Waals surface area (Å²) in [6.07, 6.45) is 3.61. The van der Waals surface area contributed by atoms with Gasteiger partial charge in [0.15, 0.2) is 0 Å². The van der Waals surface area contributed by atoms with E-state index in [0.717, 1.165) is 39.3 Å². The zero-order valence-corrected chi connectivity index (χ0v) is 13.2. The molecule has 1 aliphatic carbocycles. The molecule has 0 aromatic rings. The number of fused-ring (bicyclic) bond motifs is 2. The summed E-state index contributed by atoms with van der Waals surface area (Å²) < 4.78 is 5.35. The fraction of sp³-hybridized carbons (Fsp3) is 0.938. The van der Waals surface area contributed by atoms with Crippen LogP contribution in [0.15, 0.2) is 0 Å². The SMILES string of the molecule is CC1(C)CC2CC(C)(CN2C(=O)CN2CCOCC2)C1. The van der Waals surface area contributed by atoms with Crippen molar-refractivity contribution in [1.29, 1.82) is 0 Å². The molecule has 0 aromatic heterocycles. The van der Waals surface area contributed by atoms with Crippen LogP contribution in [0.3, 0.4) is 0 Å². The second kappa shape index (κ2) is 4.99. The Bertz CT molecular complexity index is 390. The lowest BCUT2D eigenvalue weighted by atomic mass is 9.65. The molecule has 4 heteroatoms. The van der Waals surface area contributed by atoms with Gasteiger partial charge in [0, 0.05) is 25.7 Å². The van der Waals surface area contributed by atoms with Crippen LogP contribution in [0.1, 0.15) is 40.0 Å². The Kier molecular flexibility index (Phi) is 3.57. The summed E-state index contributed by atoms with van der Waals surface area (Å²) in [5.74, 6) is 0.332. The Balaban J connectivity index is 1.64. The topological polar surface area (TPSA) is 32.8 Å². The van der Waals surface area contributed by atoms with Gasteiger partial charge >= 0.3 is 0 Å². The first kappa shape index (κ1) is 14.3. The first-order valence-corrected chi connectivity index (χ1v) is 7.97. The quantitative estimate of drug-likeness (QED) is 0.772. The zero-order chi connectivity index (χ0) is 14.4. The van der Waals surface area contributed by atoms with Gasteiger partial charge in [-0.2, -0.15) is 0 Å². The van der Waals surface area contributed by atoms with Gasteiger partial charge in [0.1, 0.15) is 0 Å². The van der Waals surface area contributed by atoms with Crippen LogP contribution in [0.5, 0.6) is 0 Å². The van der Waals surface area contributed by atoms with Crippen molar-refractivity contribution >= 4 is 5.91 Å². The molecule has 3 rings (SSSR count). The highest BCUT2D eigenvalue weighted by Crippen LogP contribution is 2.52. The first-order chi connectivity index (χ1) is 9.37. The summed E-state index contributed by atoms with van der Waals surface area (Å²) in [7, 11) is 0. The van der Waals surface area contributed by atoms with E-state index in [2.05, 4.69) is 30.6 Å². The fourth-order valence-corrected chi connectivity index (χ4v) is 4.79. The Morgan fingerprint density at radius 3 is 2.60 bits per heavy atom. The average Bonchev–Trinajstić information content (AvgIpc) is 2.60. The number of nitrogens with zero attached hydrogens (tertiary/aromatic N) is 2. The van der Waals surface area contributed by atoms with Crippen LogP contribution < -0.4 is 0 Å². The highest BCUT2D eigenvalue weighted by Gasteiger charge is 2.50. The minimum atomic E-state index is 0.332. The summed E-state index contributed by atoms with van der Waals surface area (Å²) in [5.41, 5.74) is 0.721. The van der Waals surface area contributed by atoms with Gasteiger partial charge in [0.05, 0.1) is 19.8 Å². The highest BCUT2D eigenvalue weighted by molar-refractivity contribution is 5.79. The van der Waals surface area contributed by atoms with Crippen molar-refractivity contribution in [2.24, 2.45) is 10.8 Å². The summed E-state index contributed by atoms with van der Waals surface area (Å²) in [4.78, 5) is 17.1. The molecule has 3 fully saturated rings. The van der Waals surface area contributed by atoms with Crippen molar-refractivity contribution in [3.8, 4) is 0 Å². The molecule has 2 unspecified atom stereocenters. The molecular weight excluding hydrogens is 252 g/mol. The third-order valence-electron chi connectivity index (χ3n) is 5.20. The van der Waals surface area contributed by atoms with Crippen molar-refractivity contribution in [1.82, 2.24) is 9.80 Å². The van der Waals surface area contributed by atoms with Gasteiger partial charge in [-0.05, 0) is 30.1 Å². The van der Waals surface area contributed by atoms with Crippen molar-refractivity contribution < 1.29 is 9.53 Å². The van der Waals surface area contributed by atoms with Crippen molar-refractivity contribution in [2.75, 3.05) is 39.4 Å². The third-order valence-corrected chi connectivity index (χ3v) is 5.20. The molecule has 2 heterocycles. The number of carbonyl (C=O) groups is 1. The molecule has 0 N–H and O–H groups in total. The second-order valence-electron chi connectivity index (χ2n) is 8.12. The molecule has 1 saturated carbocycles. The van der Waals surface area contributed by atoms with E-state index >= 15 is 0 Å². The number of hydrogen-bond donors (Lipinski definition) is 0. The lowest BCUT2D eigenvalue weighted by molar-refractivity contribution is -0.134. The second-order valence-corrected chi connectivity index (χ2v) is 8.12. The van der Waals surface area contributed by atoms with Gasteiger partial charge < -0.3 is 9.64 Å². The number of morpholine rings is 1. The fourth-order valence-electron chi connectivity index (χ4n) is 4.79. The number of amides is 1. The largest absolute Gasteiger partial charge is 0.379 e. The van der Waals surface area contributed by atoms with E-state index in [1.165, 1.54) is 12.8 Å². The first-order valence-electron chi connectivity index (χ1n) is 7.97. The minimum absolute atomic E-state index is 0.332. The van der Waals surface area contributed by atoms with Crippen molar-refractivity contribution in [2.45, 2.75) is 46.1 Å². The highest BCUT2D eigenvalue weighted by atomic mass is 16.5. The number of rotatable bonds is 2. The van der Waals surface area contributed by atoms with E-state index in [1.54, 1.807) is 0 Å². The lowest BCUT2D eigenvalue weighted by Crippen LogP contribution is -2.46. The number of carbonyl (C=O) groups excluding carboxylic acids is 1. The van der Waals surface area contributed by atoms with E-state index in [9.17, 15) is 4.79 Å². The van der Waals surface area contributed by atoms with Crippen molar-refractivity contribution in [3.63, 3.8) is 0 Å². The maximum absolute atomic E-state index is 12.7. The van der Waals surface area contributed by atoms with Gasteiger partial charge in [0.25, 0.3) is 0 Å². The van der Waals surface area contributed by atoms with Crippen LogP contribution in [0.4, 0.5) is 0 Å². The molecule has 0 spiro atoms. The number of likely N-dealkylation sites (tertiary alicyclic amines) is 1. The molecule has 114 valence electrons. The maximum Gasteiger partial charge on any atom is 0.237 e. The van der Waals surface area contributed by atoms with E-state index in [-0.39, 0.29) is 0 Å². The maximum atomic E-state index is 12.7. The number of hydrogen-bond acceptors (Lipinski definition) is 3. The van der Waals surface area contributed by atoms with Gasteiger partial charge in [-0.1, -0.05) is 20.8 Å². The van der Waals surface area contributed by atoms with Gasteiger partial charge in [-0.15, -0.1) is 0 Å². The van der Waals surface area contributed by atoms with Crippen LogP contribution in [0.2, 0.25) is 0 Å². The summed E-state index contributed by atoms with van der Waals surface area (Å²) in [6, 6.07) is 0.470. The Morgan fingerprint density at radius 1 is 1.20 bits per heavy atom. The van der Waals surface area contributed by atoms with E-state index in [4.69, 9.17) is 4.74 Å². The van der Waals surface area contributed by atoms with Gasteiger partial charge in [0.2, 0.25) is 5.91 Å². The predicted molar refractivity (Wildman–Crippen MR) is 78.5 cm³/mol. The van der Waals surface area contributed by atoms with E-state index < -0.39 is 0 Å². The van der Waals surface area contributed by atoms with Crippen LogP contribution >= 0.6 is 0 Å². The van der Waals surface area contributed by atoms with E-state index in [0.29, 0.717) is 29.3 Å². The van der Waals surface area contributed by atoms with Crippen molar-refractivity contribution in [3.05, 3.63) is 0 Å². The zero-order valence-electron chi connectivity index (χ0n) is 13.2. The lowest BCUT2D eigenvalue weighted by Gasteiger charge is -2.39. The Hall–Kier alpha value is -0.610. The normalized spacial score (nSPS) is 37.1. The smallest absolute Gasteiger partial charge is 0.237 e. The Morgan fingerprint density at radius 2 is 1.90 bits per heavy atom. The number of ether oxygens (including phenoxy) is 1. The molecule has 0 aromatic carbocycles. The molecule has 2 aliphatic heterocycles. The van der Waals surface area contributed by atoms with Gasteiger partial charge in [-0.3, -0.25) is 9.69 Å². The van der Waals surface area contributed by atoms with Crippen LogP contribution in [-0.4, -0.2) is 61.1 Å². The van der Waals surface area contributed by atoms with Crippen LogP contribution in [-0.2, 0) is 9.53 Å².